The molecule has 0 amide bonds. The van der Waals surface area contributed by atoms with Crippen LogP contribution in [-0.4, -0.2) is 31.8 Å². The number of halogens is 3. The van der Waals surface area contributed by atoms with Crippen LogP contribution in [-0.2, 0) is 9.59 Å². The van der Waals surface area contributed by atoms with Crippen LogP contribution in [0.1, 0.15) is 13.3 Å². The third kappa shape index (κ3) is 2.33. The van der Waals surface area contributed by atoms with Gasteiger partial charge < -0.3 is 10.2 Å². The molecule has 3 atom stereocenters. The average molecular weight is 346 g/mol. The van der Waals surface area contributed by atoms with Gasteiger partial charge in [-0.25, -0.2) is 0 Å². The minimum absolute atomic E-state index is 0.172. The van der Waals surface area contributed by atoms with Gasteiger partial charge in [0.1, 0.15) is 10.3 Å². The van der Waals surface area contributed by atoms with E-state index in [-0.39, 0.29) is 6.42 Å². The Bertz CT molecular complexity index is 385. The van der Waals surface area contributed by atoms with E-state index in [2.05, 4.69) is 15.9 Å². The highest BCUT2D eigenvalue weighted by Crippen LogP contribution is 2.50. The highest BCUT2D eigenvalue weighted by molar-refractivity contribution is 9.09. The Hall–Kier alpha value is -0.260. The molecule has 0 saturated heterocycles. The molecule has 1 aliphatic carbocycles. The van der Waals surface area contributed by atoms with Crippen molar-refractivity contribution in [2.45, 2.75) is 23.0 Å². The minimum Gasteiger partial charge on any atom is -0.481 e. The Kier molecular flexibility index (Phi) is 4.16. The predicted octanol–water partition coefficient (Wildman–Crippen LogP) is 2.68. The summed E-state index contributed by atoms with van der Waals surface area (Å²) in [5.41, 5.74) is -2.84. The summed E-state index contributed by atoms with van der Waals surface area (Å²) >= 11 is 14.7. The summed E-state index contributed by atoms with van der Waals surface area (Å²) in [7, 11) is 0. The van der Waals surface area contributed by atoms with Gasteiger partial charge in [-0.05, 0) is 13.3 Å². The smallest absolute Gasteiger partial charge is 0.313 e. The highest BCUT2D eigenvalue weighted by atomic mass is 79.9. The standard InChI is InChI=1S/C10H11BrCl2O4/c1-9(7(14)15)3-2-5(11)10(4-9,6(12)13)8(16)17/h2-3,5-6H,4H2,1H3,(H,14,15)(H,16,17). The first kappa shape index (κ1) is 14.8. The Morgan fingerprint density at radius 2 is 1.94 bits per heavy atom. The maximum Gasteiger partial charge on any atom is 0.313 e. The number of hydrogen-bond donors (Lipinski definition) is 2. The highest BCUT2D eigenvalue weighted by Gasteiger charge is 2.56. The van der Waals surface area contributed by atoms with Gasteiger partial charge in [-0.3, -0.25) is 9.59 Å². The quantitative estimate of drug-likeness (QED) is 0.609. The molecule has 7 heteroatoms. The maximum atomic E-state index is 11.4. The fraction of sp³-hybridized carbons (Fsp3) is 0.600. The molecule has 0 aliphatic heterocycles. The van der Waals surface area contributed by atoms with Gasteiger partial charge in [0.25, 0.3) is 0 Å². The van der Waals surface area contributed by atoms with Crippen LogP contribution in [0.4, 0.5) is 0 Å². The summed E-state index contributed by atoms with van der Waals surface area (Å²) in [5, 5.41) is 18.5. The molecule has 0 radical (unpaired) electrons. The SMILES string of the molecule is CC1(C(=O)O)C=CC(Br)C(C(=O)O)(C(Cl)Cl)C1. The molecule has 0 saturated carbocycles. The summed E-state index contributed by atoms with van der Waals surface area (Å²) in [6.45, 7) is 1.44. The first-order chi connectivity index (χ1) is 7.67. The molecule has 0 aromatic carbocycles. The zero-order valence-corrected chi connectivity index (χ0v) is 12.0. The van der Waals surface area contributed by atoms with Crippen LogP contribution in [0, 0.1) is 10.8 Å². The van der Waals surface area contributed by atoms with Gasteiger partial charge in [-0.1, -0.05) is 28.1 Å². The van der Waals surface area contributed by atoms with Crippen LogP contribution < -0.4 is 0 Å². The third-order valence-electron chi connectivity index (χ3n) is 3.06. The number of aliphatic carboxylic acids is 2. The topological polar surface area (TPSA) is 74.6 Å². The Morgan fingerprint density at radius 3 is 2.29 bits per heavy atom. The predicted molar refractivity (Wildman–Crippen MR) is 67.8 cm³/mol. The van der Waals surface area contributed by atoms with Crippen molar-refractivity contribution in [2.75, 3.05) is 0 Å². The zero-order valence-electron chi connectivity index (χ0n) is 8.86. The fourth-order valence-electron chi connectivity index (χ4n) is 1.86. The second-order valence-corrected chi connectivity index (χ2v) is 6.39. The fourth-order valence-corrected chi connectivity index (χ4v) is 3.56. The zero-order chi connectivity index (χ0) is 13.4. The van der Waals surface area contributed by atoms with E-state index in [4.69, 9.17) is 28.3 Å². The van der Waals surface area contributed by atoms with Gasteiger partial charge in [0.05, 0.1) is 10.2 Å². The summed E-state index contributed by atoms with van der Waals surface area (Å²) in [4.78, 5) is 20.8. The molecule has 2 N–H and O–H groups in total. The van der Waals surface area contributed by atoms with Crippen molar-refractivity contribution in [2.24, 2.45) is 10.8 Å². The largest absolute Gasteiger partial charge is 0.481 e. The van der Waals surface area contributed by atoms with E-state index in [0.29, 0.717) is 0 Å². The number of carbonyl (C=O) groups is 2. The molecule has 0 spiro atoms. The first-order valence-electron chi connectivity index (χ1n) is 4.75. The lowest BCUT2D eigenvalue weighted by atomic mass is 9.67. The van der Waals surface area contributed by atoms with Crippen molar-refractivity contribution in [1.82, 2.24) is 0 Å². The van der Waals surface area contributed by atoms with Crippen LogP contribution in [0.3, 0.4) is 0 Å². The lowest BCUT2D eigenvalue weighted by molar-refractivity contribution is -0.154. The lowest BCUT2D eigenvalue weighted by Crippen LogP contribution is -2.51. The normalized spacial score (nSPS) is 37.1. The molecule has 17 heavy (non-hydrogen) atoms. The van der Waals surface area contributed by atoms with Crippen molar-refractivity contribution in [3.63, 3.8) is 0 Å². The van der Waals surface area contributed by atoms with Crippen molar-refractivity contribution in [3.8, 4) is 0 Å². The number of carboxylic acid groups (broad SMARTS) is 2. The minimum atomic E-state index is -1.55. The molecule has 0 aromatic rings. The molecular weight excluding hydrogens is 335 g/mol. The van der Waals surface area contributed by atoms with Gasteiger partial charge in [0.15, 0.2) is 0 Å². The molecule has 0 heterocycles. The number of alkyl halides is 3. The molecule has 1 rings (SSSR count). The van der Waals surface area contributed by atoms with Crippen molar-refractivity contribution >= 4 is 51.1 Å². The maximum absolute atomic E-state index is 11.4. The van der Waals surface area contributed by atoms with Crippen LogP contribution in [0.15, 0.2) is 12.2 Å². The van der Waals surface area contributed by atoms with E-state index in [1.807, 2.05) is 0 Å². The molecule has 96 valence electrons. The lowest BCUT2D eigenvalue weighted by Gasteiger charge is -2.42. The third-order valence-corrected chi connectivity index (χ3v) is 4.96. The molecule has 0 fully saturated rings. The number of hydrogen-bond acceptors (Lipinski definition) is 2. The van der Waals surface area contributed by atoms with Crippen LogP contribution in [0.5, 0.6) is 0 Å². The van der Waals surface area contributed by atoms with Crippen LogP contribution in [0.2, 0.25) is 0 Å². The van der Waals surface area contributed by atoms with Gasteiger partial charge in [-0.2, -0.15) is 0 Å². The van der Waals surface area contributed by atoms with Crippen LogP contribution >= 0.6 is 39.1 Å². The van der Waals surface area contributed by atoms with Gasteiger partial charge in [0.2, 0.25) is 0 Å². The molecule has 3 unspecified atom stereocenters. The summed E-state index contributed by atoms with van der Waals surface area (Å²) in [6.07, 6.45) is 2.77. The van der Waals surface area contributed by atoms with E-state index >= 15 is 0 Å². The van der Waals surface area contributed by atoms with E-state index < -0.39 is 32.4 Å². The summed E-state index contributed by atoms with van der Waals surface area (Å²) < 4.78 is 0. The number of rotatable bonds is 3. The van der Waals surface area contributed by atoms with Gasteiger partial charge in [0, 0.05) is 0 Å². The second kappa shape index (κ2) is 4.78. The first-order valence-corrected chi connectivity index (χ1v) is 6.54. The monoisotopic (exact) mass is 344 g/mol. The molecule has 0 bridgehead atoms. The van der Waals surface area contributed by atoms with Gasteiger partial charge >= 0.3 is 11.9 Å². The van der Waals surface area contributed by atoms with E-state index in [0.717, 1.165) is 0 Å². The van der Waals surface area contributed by atoms with Crippen molar-refractivity contribution in [3.05, 3.63) is 12.2 Å². The Balaban J connectivity index is 3.30. The molecule has 0 aromatic heterocycles. The van der Waals surface area contributed by atoms with Crippen LogP contribution in [0.25, 0.3) is 0 Å². The summed E-state index contributed by atoms with van der Waals surface area (Å²) in [6, 6.07) is 0. The average Bonchev–Trinajstić information content (AvgIpc) is 2.20. The molecule has 1 aliphatic rings. The van der Waals surface area contributed by atoms with E-state index in [9.17, 15) is 14.7 Å². The number of allylic oxidation sites excluding steroid dienone is 1. The summed E-state index contributed by atoms with van der Waals surface area (Å²) in [5.74, 6) is -2.32. The molecule has 4 nitrogen and oxygen atoms in total. The Morgan fingerprint density at radius 1 is 1.41 bits per heavy atom. The number of carboxylic acids is 2. The van der Waals surface area contributed by atoms with E-state index in [1.165, 1.54) is 19.1 Å². The van der Waals surface area contributed by atoms with Gasteiger partial charge in [-0.15, -0.1) is 23.2 Å². The van der Waals surface area contributed by atoms with Crippen molar-refractivity contribution < 1.29 is 19.8 Å². The Labute approximate surface area is 117 Å². The van der Waals surface area contributed by atoms with E-state index in [1.54, 1.807) is 0 Å². The molecular formula is C10H11BrCl2O4. The second-order valence-electron chi connectivity index (χ2n) is 4.31. The van der Waals surface area contributed by atoms with Crippen molar-refractivity contribution in [1.29, 1.82) is 0 Å².